The van der Waals surface area contributed by atoms with Crippen molar-refractivity contribution in [2.24, 2.45) is 5.16 Å². The van der Waals surface area contributed by atoms with E-state index in [1.807, 2.05) is 30.3 Å². The number of halogens is 2. The molecule has 0 aliphatic heterocycles. The van der Waals surface area contributed by atoms with Crippen molar-refractivity contribution in [3.63, 3.8) is 0 Å². The van der Waals surface area contributed by atoms with Crippen molar-refractivity contribution in [2.45, 2.75) is 16.6 Å². The molecule has 0 saturated carbocycles. The van der Waals surface area contributed by atoms with Gasteiger partial charge in [0, 0.05) is 0 Å². The Morgan fingerprint density at radius 1 is 1.16 bits per heavy atom. The molecule has 132 valence electrons. The summed E-state index contributed by atoms with van der Waals surface area (Å²) < 4.78 is 26.1. The first kappa shape index (κ1) is 19.4. The van der Waals surface area contributed by atoms with E-state index >= 15 is 0 Å². The number of oxime groups is 1. The fraction of sp³-hybridized carbons (Fsp3) is 0.176. The third-order valence-corrected chi connectivity index (χ3v) is 7.29. The van der Waals surface area contributed by atoms with Crippen LogP contribution >= 0.6 is 10.2 Å². The Bertz CT molecular complexity index is 745. The van der Waals surface area contributed by atoms with Crippen molar-refractivity contribution >= 4 is 35.6 Å². The first-order valence-electron chi connectivity index (χ1n) is 7.37. The van der Waals surface area contributed by atoms with Gasteiger partial charge in [-0.2, -0.15) is 0 Å². The molecule has 0 spiro atoms. The van der Waals surface area contributed by atoms with Gasteiger partial charge in [0.1, 0.15) is 0 Å². The van der Waals surface area contributed by atoms with Crippen LogP contribution in [0.5, 0.6) is 0 Å². The summed E-state index contributed by atoms with van der Waals surface area (Å²) in [7, 11) is 1.75. The van der Waals surface area contributed by atoms with Crippen molar-refractivity contribution in [2.75, 3.05) is 6.54 Å². The molecule has 0 bridgehead atoms. The molecule has 2 N–H and O–H groups in total. The van der Waals surface area contributed by atoms with E-state index in [1.165, 1.54) is 11.0 Å². The van der Waals surface area contributed by atoms with Crippen LogP contribution in [0.4, 0.5) is 8.78 Å². The third kappa shape index (κ3) is 6.49. The van der Waals surface area contributed by atoms with E-state index in [2.05, 4.69) is 10.5 Å². The molecule has 25 heavy (non-hydrogen) atoms. The molecule has 0 unspecified atom stereocenters. The zero-order chi connectivity index (χ0) is 18.1. The van der Waals surface area contributed by atoms with E-state index in [1.54, 1.807) is 10.2 Å². The average molecular weight is 429 g/mol. The summed E-state index contributed by atoms with van der Waals surface area (Å²) in [5, 5.41) is 15.4. The van der Waals surface area contributed by atoms with Gasteiger partial charge in [-0.05, 0) is 0 Å². The number of benzene rings is 2. The predicted octanol–water partition coefficient (Wildman–Crippen LogP) is 3.28. The summed E-state index contributed by atoms with van der Waals surface area (Å²) in [6.45, 7) is 0.454. The van der Waals surface area contributed by atoms with Crippen LogP contribution in [0, 0.1) is 11.6 Å². The summed E-state index contributed by atoms with van der Waals surface area (Å²) >= 11 is 0.269. The molecular weight excluding hydrogens is 413 g/mol. The molecule has 0 aliphatic rings. The third-order valence-electron chi connectivity index (χ3n) is 3.11. The summed E-state index contributed by atoms with van der Waals surface area (Å²) in [6.07, 6.45) is -0.0799. The van der Waals surface area contributed by atoms with E-state index in [9.17, 15) is 13.6 Å². The van der Waals surface area contributed by atoms with Gasteiger partial charge in [-0.25, -0.2) is 0 Å². The van der Waals surface area contributed by atoms with Gasteiger partial charge in [-0.1, -0.05) is 0 Å². The number of hydrogen-bond donors (Lipinski definition) is 2. The van der Waals surface area contributed by atoms with Gasteiger partial charge in [0.15, 0.2) is 0 Å². The van der Waals surface area contributed by atoms with Crippen molar-refractivity contribution in [1.82, 2.24) is 5.32 Å². The van der Waals surface area contributed by atoms with Gasteiger partial charge in [-0.3, -0.25) is 0 Å². The molecule has 0 aromatic heterocycles. The topological polar surface area (TPSA) is 61.7 Å². The van der Waals surface area contributed by atoms with E-state index in [4.69, 9.17) is 5.21 Å². The number of carbonyl (C=O) groups excluding carboxylic acids is 1. The van der Waals surface area contributed by atoms with Crippen LogP contribution in [0.2, 0.25) is 5.32 Å². The van der Waals surface area contributed by atoms with Crippen molar-refractivity contribution in [1.29, 1.82) is 0 Å². The molecule has 0 fully saturated rings. The predicted molar refractivity (Wildman–Crippen MR) is 95.2 cm³/mol. The summed E-state index contributed by atoms with van der Waals surface area (Å²) in [5.41, 5.74) is 0.208. The van der Waals surface area contributed by atoms with Gasteiger partial charge in [0.25, 0.3) is 0 Å². The van der Waals surface area contributed by atoms with Crippen LogP contribution in [0.3, 0.4) is 0 Å². The van der Waals surface area contributed by atoms with Crippen LogP contribution in [0.15, 0.2) is 58.6 Å². The fourth-order valence-electron chi connectivity index (χ4n) is 1.90. The number of nitrogens with one attached hydrogen (secondary N) is 1. The zero-order valence-electron chi connectivity index (χ0n) is 13.1. The van der Waals surface area contributed by atoms with E-state index in [0.29, 0.717) is 12.1 Å². The minimum atomic E-state index is -1.00. The number of amides is 1. The number of carbonyl (C=O) groups is 1. The molecule has 8 heteroatoms. The second-order valence-electron chi connectivity index (χ2n) is 4.95. The SMILES string of the molecule is O=C(NCC[Se]Sc1ccccc1)/C(Cc1ccc(F)c(F)c1)=N/O. The fourth-order valence-corrected chi connectivity index (χ4v) is 5.29. The Kier molecular flexibility index (Phi) is 7.91. The average Bonchev–Trinajstić information content (AvgIpc) is 2.63. The van der Waals surface area contributed by atoms with E-state index in [0.717, 1.165) is 17.5 Å². The molecule has 2 aromatic carbocycles. The molecule has 1 amide bonds. The Morgan fingerprint density at radius 3 is 2.60 bits per heavy atom. The van der Waals surface area contributed by atoms with Crippen LogP contribution in [-0.4, -0.2) is 37.2 Å². The second kappa shape index (κ2) is 10.2. The zero-order valence-corrected chi connectivity index (χ0v) is 15.6. The summed E-state index contributed by atoms with van der Waals surface area (Å²) in [4.78, 5) is 13.2. The Labute approximate surface area is 153 Å². The minimum absolute atomic E-state index is 0.0799. The molecular formula is C17H16F2N2O2SSe. The van der Waals surface area contributed by atoms with Crippen molar-refractivity contribution in [3.05, 3.63) is 65.7 Å². The van der Waals surface area contributed by atoms with E-state index in [-0.39, 0.29) is 26.0 Å². The summed E-state index contributed by atoms with van der Waals surface area (Å²) in [5.74, 6) is -2.49. The first-order chi connectivity index (χ1) is 12.1. The van der Waals surface area contributed by atoms with Crippen molar-refractivity contribution < 1.29 is 18.8 Å². The number of rotatable bonds is 8. The molecule has 2 aromatic rings. The van der Waals surface area contributed by atoms with Gasteiger partial charge < -0.3 is 0 Å². The molecule has 0 heterocycles. The Balaban J connectivity index is 1.75. The number of nitrogens with zero attached hydrogens (tertiary/aromatic N) is 1. The van der Waals surface area contributed by atoms with E-state index < -0.39 is 17.5 Å². The van der Waals surface area contributed by atoms with Crippen molar-refractivity contribution in [3.8, 4) is 0 Å². The molecule has 2 rings (SSSR count). The van der Waals surface area contributed by atoms with Crippen LogP contribution < -0.4 is 5.32 Å². The second-order valence-corrected chi connectivity index (χ2v) is 9.21. The quantitative estimate of drug-likeness (QED) is 0.223. The molecule has 0 aliphatic carbocycles. The summed E-state index contributed by atoms with van der Waals surface area (Å²) in [6, 6.07) is 13.3. The molecule has 0 saturated heterocycles. The van der Waals surface area contributed by atoms with Crippen LogP contribution in [-0.2, 0) is 11.2 Å². The van der Waals surface area contributed by atoms with Gasteiger partial charge in [0.2, 0.25) is 0 Å². The maximum absolute atomic E-state index is 13.2. The van der Waals surface area contributed by atoms with Gasteiger partial charge in [0.05, 0.1) is 0 Å². The Hall–Kier alpha value is -1.89. The normalized spacial score (nSPS) is 11.4. The first-order valence-corrected chi connectivity index (χ1v) is 11.4. The van der Waals surface area contributed by atoms with Gasteiger partial charge >= 0.3 is 154 Å². The monoisotopic (exact) mass is 430 g/mol. The molecule has 0 atom stereocenters. The van der Waals surface area contributed by atoms with Crippen LogP contribution in [0.1, 0.15) is 5.56 Å². The maximum atomic E-state index is 13.2. The molecule has 0 radical (unpaired) electrons. The standard InChI is InChI=1S/C17H16F2N2O2SSe/c18-14-7-6-12(10-15(14)19)11-16(21-23)17(22)20-8-9-25-24-13-4-2-1-3-5-13/h1-7,10,23H,8-9,11H2,(H,20,22)/b21-16+. The number of hydrogen-bond acceptors (Lipinski definition) is 4. The Morgan fingerprint density at radius 2 is 1.92 bits per heavy atom. The van der Waals surface area contributed by atoms with Crippen LogP contribution in [0.25, 0.3) is 0 Å². The van der Waals surface area contributed by atoms with Gasteiger partial charge in [-0.15, -0.1) is 0 Å². The molecule has 4 nitrogen and oxygen atoms in total.